The van der Waals surface area contributed by atoms with Crippen molar-refractivity contribution < 1.29 is 9.53 Å². The molecule has 0 saturated heterocycles. The van der Waals surface area contributed by atoms with Crippen molar-refractivity contribution in [2.75, 3.05) is 20.2 Å². The molecule has 0 amide bonds. The van der Waals surface area contributed by atoms with E-state index in [0.717, 1.165) is 13.0 Å². The Balaban J connectivity index is 4.41. The second-order valence-electron chi connectivity index (χ2n) is 4.31. The van der Waals surface area contributed by atoms with Crippen molar-refractivity contribution in [3.05, 3.63) is 0 Å². The van der Waals surface area contributed by atoms with Crippen molar-refractivity contribution in [2.24, 2.45) is 5.73 Å². The van der Waals surface area contributed by atoms with Crippen LogP contribution in [0.25, 0.3) is 0 Å². The lowest BCUT2D eigenvalue weighted by Crippen LogP contribution is -2.50. The molecule has 0 aliphatic rings. The highest BCUT2D eigenvalue weighted by Gasteiger charge is 2.26. The number of nitrogens with two attached hydrogens (primary N) is 1. The van der Waals surface area contributed by atoms with Crippen LogP contribution in [0.4, 0.5) is 0 Å². The number of hydrogen-bond acceptors (Lipinski definition) is 4. The number of rotatable bonds is 8. The van der Waals surface area contributed by atoms with E-state index in [1.807, 2.05) is 0 Å². The molecule has 0 rings (SSSR count). The van der Waals surface area contributed by atoms with E-state index in [2.05, 4.69) is 25.7 Å². The molecule has 0 aromatic carbocycles. The number of methoxy groups -OCH3 is 1. The first-order chi connectivity index (χ1) is 7.58. The van der Waals surface area contributed by atoms with Gasteiger partial charge in [-0.05, 0) is 26.8 Å². The highest BCUT2D eigenvalue weighted by molar-refractivity contribution is 5.76. The molecule has 0 saturated carbocycles. The van der Waals surface area contributed by atoms with Crippen LogP contribution in [0.5, 0.6) is 0 Å². The fraction of sp³-hybridized carbons (Fsp3) is 0.917. The smallest absolute Gasteiger partial charge is 0.324 e. The van der Waals surface area contributed by atoms with E-state index in [1.54, 1.807) is 0 Å². The van der Waals surface area contributed by atoms with E-state index in [0.29, 0.717) is 12.6 Å². The molecule has 0 aliphatic carbocycles. The molecule has 16 heavy (non-hydrogen) atoms. The molecule has 1 atom stereocenters. The first kappa shape index (κ1) is 15.4. The lowest BCUT2D eigenvalue weighted by atomic mass is 10.1. The molecule has 0 aromatic rings. The zero-order valence-corrected chi connectivity index (χ0v) is 11.0. The Kier molecular flexibility index (Phi) is 8.21. The summed E-state index contributed by atoms with van der Waals surface area (Å²) >= 11 is 0. The average Bonchev–Trinajstić information content (AvgIpc) is 2.27. The number of carbonyl (C=O) groups excluding carboxylic acids is 1. The maximum Gasteiger partial charge on any atom is 0.324 e. The summed E-state index contributed by atoms with van der Waals surface area (Å²) in [5.41, 5.74) is 5.65. The van der Waals surface area contributed by atoms with E-state index < -0.39 is 0 Å². The Bertz CT molecular complexity index is 195. The first-order valence-electron chi connectivity index (χ1n) is 6.12. The summed E-state index contributed by atoms with van der Waals surface area (Å²) in [6, 6.07) is 0.00589. The lowest BCUT2D eigenvalue weighted by molar-refractivity contribution is -0.147. The van der Waals surface area contributed by atoms with Gasteiger partial charge in [-0.15, -0.1) is 0 Å². The zero-order valence-electron chi connectivity index (χ0n) is 11.0. The van der Waals surface area contributed by atoms with Crippen LogP contribution in [0.1, 0.15) is 40.0 Å². The Morgan fingerprint density at radius 1 is 1.38 bits per heavy atom. The Hall–Kier alpha value is -0.610. The monoisotopic (exact) mass is 230 g/mol. The SMILES string of the molecule is CCCCCN(C(C)C)C(CN)C(=O)OC. The van der Waals surface area contributed by atoms with Gasteiger partial charge in [0.1, 0.15) is 6.04 Å². The summed E-state index contributed by atoms with van der Waals surface area (Å²) in [5.74, 6) is -0.229. The zero-order chi connectivity index (χ0) is 12.6. The van der Waals surface area contributed by atoms with Crippen molar-refractivity contribution in [1.29, 1.82) is 0 Å². The van der Waals surface area contributed by atoms with Crippen molar-refractivity contribution in [3.63, 3.8) is 0 Å². The predicted octanol–water partition coefficient (Wildman–Crippen LogP) is 1.39. The molecule has 1 unspecified atom stereocenters. The Morgan fingerprint density at radius 3 is 2.38 bits per heavy atom. The first-order valence-corrected chi connectivity index (χ1v) is 6.12. The van der Waals surface area contributed by atoms with Crippen LogP contribution in [0.2, 0.25) is 0 Å². The maximum atomic E-state index is 11.6. The molecule has 2 N–H and O–H groups in total. The molecule has 0 fully saturated rings. The fourth-order valence-electron chi connectivity index (χ4n) is 1.82. The van der Waals surface area contributed by atoms with E-state index in [9.17, 15) is 4.79 Å². The molecular formula is C12H26N2O2. The van der Waals surface area contributed by atoms with Crippen molar-refractivity contribution in [2.45, 2.75) is 52.1 Å². The summed E-state index contributed by atoms with van der Waals surface area (Å²) in [6.45, 7) is 7.55. The Morgan fingerprint density at radius 2 is 2.00 bits per heavy atom. The minimum Gasteiger partial charge on any atom is -0.468 e. The third-order valence-corrected chi connectivity index (χ3v) is 2.78. The lowest BCUT2D eigenvalue weighted by Gasteiger charge is -2.32. The quantitative estimate of drug-likeness (QED) is 0.505. The van der Waals surface area contributed by atoms with Gasteiger partial charge in [0.25, 0.3) is 0 Å². The van der Waals surface area contributed by atoms with E-state index in [4.69, 9.17) is 10.5 Å². The Labute approximate surface area is 99.1 Å². The summed E-state index contributed by atoms with van der Waals surface area (Å²) in [5, 5.41) is 0. The summed E-state index contributed by atoms with van der Waals surface area (Å²) in [6.07, 6.45) is 3.46. The maximum absolute atomic E-state index is 11.6. The van der Waals surface area contributed by atoms with Crippen LogP contribution < -0.4 is 5.73 Å². The second-order valence-corrected chi connectivity index (χ2v) is 4.31. The molecule has 4 heteroatoms. The molecule has 4 nitrogen and oxygen atoms in total. The largest absolute Gasteiger partial charge is 0.468 e. The van der Waals surface area contributed by atoms with Gasteiger partial charge in [-0.2, -0.15) is 0 Å². The van der Waals surface area contributed by atoms with Gasteiger partial charge in [0.05, 0.1) is 7.11 Å². The van der Waals surface area contributed by atoms with Crippen molar-refractivity contribution >= 4 is 5.97 Å². The molecule has 0 radical (unpaired) electrons. The van der Waals surface area contributed by atoms with Gasteiger partial charge in [-0.25, -0.2) is 0 Å². The minimum atomic E-state index is -0.304. The number of nitrogens with zero attached hydrogens (tertiary/aromatic N) is 1. The van der Waals surface area contributed by atoms with Gasteiger partial charge in [0.2, 0.25) is 0 Å². The molecule has 96 valence electrons. The van der Waals surface area contributed by atoms with Crippen LogP contribution in [0, 0.1) is 0 Å². The molecule has 0 aliphatic heterocycles. The van der Waals surface area contributed by atoms with Crippen LogP contribution in [-0.2, 0) is 9.53 Å². The number of esters is 1. The van der Waals surface area contributed by atoms with Crippen molar-refractivity contribution in [3.8, 4) is 0 Å². The fourth-order valence-corrected chi connectivity index (χ4v) is 1.82. The average molecular weight is 230 g/mol. The van der Waals surface area contributed by atoms with Gasteiger partial charge < -0.3 is 10.5 Å². The summed E-state index contributed by atoms with van der Waals surface area (Å²) < 4.78 is 4.78. The van der Waals surface area contributed by atoms with Crippen LogP contribution >= 0.6 is 0 Å². The minimum absolute atomic E-state index is 0.229. The molecule has 0 spiro atoms. The molecule has 0 aromatic heterocycles. The summed E-state index contributed by atoms with van der Waals surface area (Å²) in [4.78, 5) is 13.7. The van der Waals surface area contributed by atoms with Crippen LogP contribution in [0.3, 0.4) is 0 Å². The number of carbonyl (C=O) groups is 1. The third-order valence-electron chi connectivity index (χ3n) is 2.78. The van der Waals surface area contributed by atoms with Gasteiger partial charge in [0, 0.05) is 12.6 Å². The molecular weight excluding hydrogens is 204 g/mol. The second kappa shape index (κ2) is 8.53. The van der Waals surface area contributed by atoms with Crippen LogP contribution in [0.15, 0.2) is 0 Å². The normalized spacial score (nSPS) is 13.2. The number of ether oxygens (including phenoxy) is 1. The number of unbranched alkanes of at least 4 members (excludes halogenated alkanes) is 2. The van der Waals surface area contributed by atoms with Gasteiger partial charge in [-0.3, -0.25) is 9.69 Å². The highest BCUT2D eigenvalue weighted by atomic mass is 16.5. The van der Waals surface area contributed by atoms with E-state index >= 15 is 0 Å². The van der Waals surface area contributed by atoms with Crippen molar-refractivity contribution in [1.82, 2.24) is 4.90 Å². The standard InChI is InChI=1S/C12H26N2O2/c1-5-6-7-8-14(10(2)3)11(9-13)12(15)16-4/h10-11H,5-9,13H2,1-4H3. The van der Waals surface area contributed by atoms with Crippen LogP contribution in [-0.4, -0.2) is 43.2 Å². The molecule has 0 bridgehead atoms. The number of hydrogen-bond donors (Lipinski definition) is 1. The molecule has 0 heterocycles. The summed E-state index contributed by atoms with van der Waals surface area (Å²) in [7, 11) is 1.41. The van der Waals surface area contributed by atoms with E-state index in [1.165, 1.54) is 20.0 Å². The van der Waals surface area contributed by atoms with Gasteiger partial charge >= 0.3 is 5.97 Å². The third kappa shape index (κ3) is 4.94. The van der Waals surface area contributed by atoms with Gasteiger partial charge in [0.15, 0.2) is 0 Å². The highest BCUT2D eigenvalue weighted by Crippen LogP contribution is 2.09. The van der Waals surface area contributed by atoms with E-state index in [-0.39, 0.29) is 12.0 Å². The predicted molar refractivity (Wildman–Crippen MR) is 66.2 cm³/mol. The topological polar surface area (TPSA) is 55.6 Å². The van der Waals surface area contributed by atoms with Gasteiger partial charge in [-0.1, -0.05) is 19.8 Å².